The van der Waals surface area contributed by atoms with Crippen molar-refractivity contribution in [3.05, 3.63) is 40.6 Å². The fourth-order valence-electron chi connectivity index (χ4n) is 1.60. The SMILES string of the molecule is O=C(NC1CC1)c1cn(-c2cccc(Br)c2)nn1. The van der Waals surface area contributed by atoms with Gasteiger partial charge in [0.05, 0.1) is 11.9 Å². The molecule has 0 unspecified atom stereocenters. The highest BCUT2D eigenvalue weighted by molar-refractivity contribution is 9.10. The fourth-order valence-corrected chi connectivity index (χ4v) is 1.99. The molecule has 0 spiro atoms. The average Bonchev–Trinajstić information content (AvgIpc) is 3.03. The number of benzene rings is 1. The van der Waals surface area contributed by atoms with Gasteiger partial charge in [-0.05, 0) is 31.0 Å². The van der Waals surface area contributed by atoms with Crippen LogP contribution < -0.4 is 5.32 Å². The number of nitrogens with one attached hydrogen (secondary N) is 1. The van der Waals surface area contributed by atoms with Gasteiger partial charge < -0.3 is 5.32 Å². The first-order valence-corrected chi connectivity index (χ1v) is 6.51. The van der Waals surface area contributed by atoms with Crippen LogP contribution in [0.15, 0.2) is 34.9 Å². The molecule has 1 aromatic heterocycles. The maximum absolute atomic E-state index is 11.8. The quantitative estimate of drug-likeness (QED) is 0.942. The summed E-state index contributed by atoms with van der Waals surface area (Å²) in [5.74, 6) is -0.154. The summed E-state index contributed by atoms with van der Waals surface area (Å²) in [5.41, 5.74) is 1.21. The normalized spacial score (nSPS) is 14.5. The van der Waals surface area contributed by atoms with E-state index in [1.807, 2.05) is 24.3 Å². The van der Waals surface area contributed by atoms with Gasteiger partial charge in [0.25, 0.3) is 5.91 Å². The Morgan fingerprint density at radius 2 is 2.28 bits per heavy atom. The van der Waals surface area contributed by atoms with Gasteiger partial charge in [-0.3, -0.25) is 4.79 Å². The van der Waals surface area contributed by atoms with Crippen molar-refractivity contribution in [3.63, 3.8) is 0 Å². The summed E-state index contributed by atoms with van der Waals surface area (Å²) in [7, 11) is 0. The third kappa shape index (κ3) is 2.43. The molecule has 1 saturated carbocycles. The van der Waals surface area contributed by atoms with Crippen LogP contribution in [0.1, 0.15) is 23.3 Å². The number of rotatable bonds is 3. The number of halogens is 1. The molecule has 1 aliphatic carbocycles. The van der Waals surface area contributed by atoms with E-state index in [1.165, 1.54) is 0 Å². The minimum Gasteiger partial charge on any atom is -0.348 e. The second-order valence-electron chi connectivity index (χ2n) is 4.28. The van der Waals surface area contributed by atoms with Gasteiger partial charge in [0.1, 0.15) is 0 Å². The summed E-state index contributed by atoms with van der Waals surface area (Å²) in [6, 6.07) is 7.99. The van der Waals surface area contributed by atoms with Gasteiger partial charge in [-0.25, -0.2) is 4.68 Å². The zero-order chi connectivity index (χ0) is 12.5. The summed E-state index contributed by atoms with van der Waals surface area (Å²) in [4.78, 5) is 11.8. The van der Waals surface area contributed by atoms with Crippen LogP contribution in [0.5, 0.6) is 0 Å². The molecule has 1 N–H and O–H groups in total. The number of hydrogen-bond acceptors (Lipinski definition) is 3. The molecule has 1 fully saturated rings. The van der Waals surface area contributed by atoms with Gasteiger partial charge in [0.2, 0.25) is 0 Å². The fraction of sp³-hybridized carbons (Fsp3) is 0.250. The molecule has 5 nitrogen and oxygen atoms in total. The first kappa shape index (κ1) is 11.4. The smallest absolute Gasteiger partial charge is 0.273 e. The summed E-state index contributed by atoms with van der Waals surface area (Å²) >= 11 is 3.40. The molecular formula is C12H11BrN4O. The van der Waals surface area contributed by atoms with E-state index < -0.39 is 0 Å². The number of amides is 1. The van der Waals surface area contributed by atoms with Crippen LogP contribution in [0.4, 0.5) is 0 Å². The Balaban J connectivity index is 1.82. The number of nitrogens with zero attached hydrogens (tertiary/aromatic N) is 3. The van der Waals surface area contributed by atoms with E-state index in [9.17, 15) is 4.79 Å². The van der Waals surface area contributed by atoms with E-state index in [2.05, 4.69) is 31.6 Å². The highest BCUT2D eigenvalue weighted by Gasteiger charge is 2.25. The molecular weight excluding hydrogens is 296 g/mol. The maximum Gasteiger partial charge on any atom is 0.273 e. The Bertz CT molecular complexity index is 591. The average molecular weight is 307 g/mol. The highest BCUT2D eigenvalue weighted by Crippen LogP contribution is 2.19. The van der Waals surface area contributed by atoms with Crippen molar-refractivity contribution >= 4 is 21.8 Å². The first-order valence-electron chi connectivity index (χ1n) is 5.71. The van der Waals surface area contributed by atoms with Gasteiger partial charge in [-0.15, -0.1) is 5.10 Å². The Kier molecular flexibility index (Phi) is 2.87. The van der Waals surface area contributed by atoms with Crippen molar-refractivity contribution in [2.24, 2.45) is 0 Å². The zero-order valence-corrected chi connectivity index (χ0v) is 11.1. The first-order chi connectivity index (χ1) is 8.72. The molecule has 1 heterocycles. The largest absolute Gasteiger partial charge is 0.348 e. The number of carbonyl (C=O) groups is 1. The molecule has 0 radical (unpaired) electrons. The van der Waals surface area contributed by atoms with Gasteiger partial charge in [0.15, 0.2) is 5.69 Å². The lowest BCUT2D eigenvalue weighted by molar-refractivity contribution is 0.0946. The van der Waals surface area contributed by atoms with Gasteiger partial charge in [-0.1, -0.05) is 27.2 Å². The van der Waals surface area contributed by atoms with Gasteiger partial charge in [0, 0.05) is 10.5 Å². The predicted molar refractivity (Wildman–Crippen MR) is 69.5 cm³/mol. The van der Waals surface area contributed by atoms with Crippen molar-refractivity contribution in [1.29, 1.82) is 0 Å². The molecule has 3 rings (SSSR count). The molecule has 0 bridgehead atoms. The molecule has 1 aromatic carbocycles. The summed E-state index contributed by atoms with van der Waals surface area (Å²) in [6.07, 6.45) is 3.76. The number of aromatic nitrogens is 3. The minimum absolute atomic E-state index is 0.154. The number of hydrogen-bond donors (Lipinski definition) is 1. The lowest BCUT2D eigenvalue weighted by Crippen LogP contribution is -2.25. The van der Waals surface area contributed by atoms with E-state index in [-0.39, 0.29) is 5.91 Å². The predicted octanol–water partition coefficient (Wildman–Crippen LogP) is 1.92. The Morgan fingerprint density at radius 1 is 1.44 bits per heavy atom. The number of carbonyl (C=O) groups excluding carboxylic acids is 1. The lowest BCUT2D eigenvalue weighted by atomic mass is 10.3. The molecule has 6 heteroatoms. The van der Waals surface area contributed by atoms with Crippen molar-refractivity contribution in [2.75, 3.05) is 0 Å². The van der Waals surface area contributed by atoms with Crippen LogP contribution in [-0.4, -0.2) is 26.9 Å². The molecule has 2 aromatic rings. The molecule has 92 valence electrons. The van der Waals surface area contributed by atoms with E-state index in [0.717, 1.165) is 23.0 Å². The van der Waals surface area contributed by atoms with Crippen molar-refractivity contribution in [1.82, 2.24) is 20.3 Å². The van der Waals surface area contributed by atoms with E-state index >= 15 is 0 Å². The second-order valence-corrected chi connectivity index (χ2v) is 5.19. The van der Waals surface area contributed by atoms with Crippen molar-refractivity contribution < 1.29 is 4.79 Å². The summed E-state index contributed by atoms with van der Waals surface area (Å²) < 4.78 is 2.55. The molecule has 0 atom stereocenters. The second kappa shape index (κ2) is 4.53. The summed E-state index contributed by atoms with van der Waals surface area (Å²) in [5, 5.41) is 10.7. The van der Waals surface area contributed by atoms with Crippen LogP contribution in [0, 0.1) is 0 Å². The molecule has 0 aliphatic heterocycles. The standard InChI is InChI=1S/C12H11BrN4O/c13-8-2-1-3-10(6-8)17-7-11(15-16-17)12(18)14-9-4-5-9/h1-3,6-7,9H,4-5H2,(H,14,18). The third-order valence-corrected chi connectivity index (χ3v) is 3.20. The molecule has 1 amide bonds. The van der Waals surface area contributed by atoms with E-state index in [0.29, 0.717) is 11.7 Å². The van der Waals surface area contributed by atoms with Crippen LogP contribution in [0.25, 0.3) is 5.69 Å². The van der Waals surface area contributed by atoms with Crippen molar-refractivity contribution in [2.45, 2.75) is 18.9 Å². The van der Waals surface area contributed by atoms with Crippen LogP contribution in [-0.2, 0) is 0 Å². The zero-order valence-electron chi connectivity index (χ0n) is 9.51. The summed E-state index contributed by atoms with van der Waals surface area (Å²) in [6.45, 7) is 0. The van der Waals surface area contributed by atoms with Crippen LogP contribution in [0.2, 0.25) is 0 Å². The van der Waals surface area contributed by atoms with E-state index in [4.69, 9.17) is 0 Å². The van der Waals surface area contributed by atoms with Gasteiger partial charge >= 0.3 is 0 Å². The molecule has 18 heavy (non-hydrogen) atoms. The highest BCUT2D eigenvalue weighted by atomic mass is 79.9. The third-order valence-electron chi connectivity index (χ3n) is 2.71. The lowest BCUT2D eigenvalue weighted by Gasteiger charge is -2.00. The maximum atomic E-state index is 11.8. The van der Waals surface area contributed by atoms with Crippen molar-refractivity contribution in [3.8, 4) is 5.69 Å². The topological polar surface area (TPSA) is 59.8 Å². The van der Waals surface area contributed by atoms with E-state index in [1.54, 1.807) is 10.9 Å². The minimum atomic E-state index is -0.154. The monoisotopic (exact) mass is 306 g/mol. The van der Waals surface area contributed by atoms with Crippen LogP contribution >= 0.6 is 15.9 Å². The Hall–Kier alpha value is -1.69. The van der Waals surface area contributed by atoms with Gasteiger partial charge in [-0.2, -0.15) is 0 Å². The molecule has 1 aliphatic rings. The Labute approximate surface area is 112 Å². The molecule has 0 saturated heterocycles. The van der Waals surface area contributed by atoms with Crippen LogP contribution in [0.3, 0.4) is 0 Å². The Morgan fingerprint density at radius 3 is 3.00 bits per heavy atom.